The summed E-state index contributed by atoms with van der Waals surface area (Å²) in [4.78, 5) is 16.5. The van der Waals surface area contributed by atoms with E-state index in [9.17, 15) is 12.8 Å². The quantitative estimate of drug-likeness (QED) is 0.364. The highest BCUT2D eigenvalue weighted by Crippen LogP contribution is 2.39. The summed E-state index contributed by atoms with van der Waals surface area (Å²) in [6, 6.07) is 0. The Morgan fingerprint density at radius 3 is 2.27 bits per heavy atom. The van der Waals surface area contributed by atoms with Crippen LogP contribution < -0.4 is 9.47 Å². The number of rotatable bonds is 10. The van der Waals surface area contributed by atoms with Crippen LogP contribution in [-0.2, 0) is 20.3 Å². The van der Waals surface area contributed by atoms with Crippen molar-refractivity contribution in [3.63, 3.8) is 0 Å². The molecular formula is C22H27ClFN7O5S. The zero-order valence-electron chi connectivity index (χ0n) is 20.7. The van der Waals surface area contributed by atoms with Crippen LogP contribution in [0.15, 0.2) is 18.7 Å². The van der Waals surface area contributed by atoms with Gasteiger partial charge in [0.2, 0.25) is 11.8 Å². The minimum Gasteiger partial charge on any atom is -0.479 e. The maximum absolute atomic E-state index is 14.1. The van der Waals surface area contributed by atoms with Gasteiger partial charge < -0.3 is 14.2 Å². The summed E-state index contributed by atoms with van der Waals surface area (Å²) in [5.41, 5.74) is 0.233. The smallest absolute Gasteiger partial charge is 0.245 e. The molecule has 15 heteroatoms. The summed E-state index contributed by atoms with van der Waals surface area (Å²) in [5, 5.41) is 7.73. The minimum atomic E-state index is -3.93. The van der Waals surface area contributed by atoms with Crippen LogP contribution >= 0.6 is 11.6 Å². The number of aromatic nitrogens is 7. The highest BCUT2D eigenvalue weighted by molar-refractivity contribution is 7.91. The van der Waals surface area contributed by atoms with E-state index in [-0.39, 0.29) is 41.4 Å². The molecule has 1 aliphatic carbocycles. The molecule has 4 rings (SSSR count). The van der Waals surface area contributed by atoms with Crippen molar-refractivity contribution in [1.82, 2.24) is 34.7 Å². The number of nitrogens with zero attached hydrogens (tertiary/aromatic N) is 7. The summed E-state index contributed by atoms with van der Waals surface area (Å²) < 4.78 is 59.2. The molecule has 3 heterocycles. The first kappa shape index (κ1) is 27.1. The zero-order chi connectivity index (χ0) is 26.7. The first-order chi connectivity index (χ1) is 17.7. The Morgan fingerprint density at radius 2 is 1.73 bits per heavy atom. The first-order valence-electron chi connectivity index (χ1n) is 11.4. The Bertz CT molecular complexity index is 1320. The molecule has 4 atom stereocenters. The Balaban J connectivity index is 1.78. The molecule has 0 unspecified atom stereocenters. The van der Waals surface area contributed by atoms with Crippen molar-refractivity contribution < 1.29 is 27.0 Å². The summed E-state index contributed by atoms with van der Waals surface area (Å²) in [6.45, 7) is 1.50. The molecule has 200 valence electrons. The van der Waals surface area contributed by atoms with Gasteiger partial charge in [-0.15, -0.1) is 10.2 Å². The average molecular weight is 556 g/mol. The molecule has 0 amide bonds. The Labute approximate surface area is 218 Å². The lowest BCUT2D eigenvalue weighted by molar-refractivity contribution is 0.0948. The number of hydrogen-bond donors (Lipinski definition) is 0. The largest absolute Gasteiger partial charge is 0.479 e. The molecule has 0 bridgehead atoms. The monoisotopic (exact) mass is 555 g/mol. The topological polar surface area (TPSA) is 144 Å². The van der Waals surface area contributed by atoms with E-state index in [4.69, 9.17) is 25.8 Å². The van der Waals surface area contributed by atoms with Crippen LogP contribution in [0.5, 0.6) is 11.8 Å². The molecule has 37 heavy (non-hydrogen) atoms. The van der Waals surface area contributed by atoms with Gasteiger partial charge in [-0.05, 0) is 26.2 Å². The fourth-order valence-corrected chi connectivity index (χ4v) is 5.92. The van der Waals surface area contributed by atoms with Gasteiger partial charge in [-0.2, -0.15) is 9.97 Å². The normalized spacial score (nSPS) is 19.5. The molecule has 0 spiro atoms. The SMILES string of the molecule is COc1ncnc(OC)c1-n1c(CS(=O)(=O)[C@@H](C)[C@H](OC)c2ncc(Cl)cn2)nnc1[C@@H]1CC[C@@H](F)C1. The second-order valence-electron chi connectivity index (χ2n) is 8.59. The fraction of sp³-hybridized carbons (Fsp3) is 0.545. The summed E-state index contributed by atoms with van der Waals surface area (Å²) >= 11 is 5.87. The standard InChI is InChI=1S/C22H27ClFN7O5S/c1-12(18(34-2)19-25-8-14(23)9-26-19)37(32,33)10-16-29-30-20(13-5-6-15(24)7-13)31(16)17-21(35-3)27-11-28-22(17)36-4/h8-9,11-13,15,18H,5-7,10H2,1-4H3/t12-,13+,15+,18-/m0/s1. The predicted molar refractivity (Wildman–Crippen MR) is 130 cm³/mol. The van der Waals surface area contributed by atoms with E-state index in [0.29, 0.717) is 23.7 Å². The molecule has 1 saturated carbocycles. The highest BCUT2D eigenvalue weighted by atomic mass is 35.5. The van der Waals surface area contributed by atoms with Crippen molar-refractivity contribution in [1.29, 1.82) is 0 Å². The third kappa shape index (κ3) is 5.50. The Hall–Kier alpha value is -2.97. The molecule has 0 aromatic carbocycles. The molecule has 0 N–H and O–H groups in total. The van der Waals surface area contributed by atoms with Crippen molar-refractivity contribution in [2.45, 2.75) is 55.4 Å². The van der Waals surface area contributed by atoms with Gasteiger partial charge in [0.25, 0.3) is 0 Å². The lowest BCUT2D eigenvalue weighted by atomic mass is 10.1. The van der Waals surface area contributed by atoms with E-state index in [2.05, 4.69) is 30.1 Å². The van der Waals surface area contributed by atoms with Crippen molar-refractivity contribution >= 4 is 21.4 Å². The molecule has 3 aromatic heterocycles. The van der Waals surface area contributed by atoms with E-state index >= 15 is 0 Å². The van der Waals surface area contributed by atoms with Crippen LogP contribution in [0.3, 0.4) is 0 Å². The number of methoxy groups -OCH3 is 3. The Morgan fingerprint density at radius 1 is 1.08 bits per heavy atom. The molecule has 0 aliphatic heterocycles. The van der Waals surface area contributed by atoms with Crippen LogP contribution in [0.4, 0.5) is 4.39 Å². The van der Waals surface area contributed by atoms with Crippen LogP contribution in [0.25, 0.3) is 5.69 Å². The van der Waals surface area contributed by atoms with E-state index in [1.165, 1.54) is 51.5 Å². The van der Waals surface area contributed by atoms with Gasteiger partial charge in [-0.3, -0.25) is 4.57 Å². The summed E-state index contributed by atoms with van der Waals surface area (Å²) in [7, 11) is 0.269. The third-order valence-corrected chi connectivity index (χ3v) is 8.56. The number of alkyl halides is 1. The summed E-state index contributed by atoms with van der Waals surface area (Å²) in [5.74, 6) is 0.0559. The van der Waals surface area contributed by atoms with Crippen molar-refractivity contribution in [3.8, 4) is 17.4 Å². The first-order valence-corrected chi connectivity index (χ1v) is 13.5. The van der Waals surface area contributed by atoms with E-state index in [0.717, 1.165) is 0 Å². The maximum Gasteiger partial charge on any atom is 0.245 e. The Kier molecular flexibility index (Phi) is 8.19. The fourth-order valence-electron chi connectivity index (χ4n) is 4.41. The average Bonchev–Trinajstić information content (AvgIpc) is 3.50. The minimum absolute atomic E-state index is 0.0717. The number of ether oxygens (including phenoxy) is 3. The number of hydrogen-bond acceptors (Lipinski definition) is 11. The van der Waals surface area contributed by atoms with Crippen LogP contribution in [0, 0.1) is 0 Å². The van der Waals surface area contributed by atoms with Gasteiger partial charge in [0.1, 0.15) is 30.2 Å². The van der Waals surface area contributed by atoms with Gasteiger partial charge in [-0.25, -0.2) is 22.8 Å². The van der Waals surface area contributed by atoms with Crippen LogP contribution in [0.1, 0.15) is 55.7 Å². The molecular weight excluding hydrogens is 529 g/mol. The number of sulfone groups is 1. The second kappa shape index (κ2) is 11.2. The van der Waals surface area contributed by atoms with Crippen molar-refractivity contribution in [3.05, 3.63) is 41.2 Å². The highest BCUT2D eigenvalue weighted by Gasteiger charge is 2.37. The molecule has 0 saturated heterocycles. The van der Waals surface area contributed by atoms with Gasteiger partial charge in [0.05, 0.1) is 24.5 Å². The lowest BCUT2D eigenvalue weighted by Gasteiger charge is -2.22. The van der Waals surface area contributed by atoms with Crippen molar-refractivity contribution in [2.24, 2.45) is 0 Å². The van der Waals surface area contributed by atoms with Gasteiger partial charge in [-0.1, -0.05) is 11.6 Å². The molecule has 12 nitrogen and oxygen atoms in total. The van der Waals surface area contributed by atoms with E-state index < -0.39 is 33.1 Å². The van der Waals surface area contributed by atoms with Crippen LogP contribution in [-0.4, -0.2) is 75.9 Å². The van der Waals surface area contributed by atoms with E-state index in [1.54, 1.807) is 0 Å². The predicted octanol–water partition coefficient (Wildman–Crippen LogP) is 2.81. The van der Waals surface area contributed by atoms with E-state index in [1.807, 2.05) is 0 Å². The molecule has 3 aromatic rings. The second-order valence-corrected chi connectivity index (χ2v) is 11.4. The van der Waals surface area contributed by atoms with Gasteiger partial charge in [0.15, 0.2) is 27.2 Å². The van der Waals surface area contributed by atoms with Crippen molar-refractivity contribution in [2.75, 3.05) is 21.3 Å². The lowest BCUT2D eigenvalue weighted by Crippen LogP contribution is -2.30. The zero-order valence-corrected chi connectivity index (χ0v) is 22.3. The maximum atomic E-state index is 14.1. The summed E-state index contributed by atoms with van der Waals surface area (Å²) in [6.07, 6.45) is 3.17. The molecule has 1 aliphatic rings. The van der Waals surface area contributed by atoms with Gasteiger partial charge in [0, 0.05) is 25.4 Å². The molecule has 0 radical (unpaired) electrons. The van der Waals surface area contributed by atoms with Gasteiger partial charge >= 0.3 is 0 Å². The number of halogens is 2. The van der Waals surface area contributed by atoms with Crippen LogP contribution in [0.2, 0.25) is 5.02 Å². The third-order valence-electron chi connectivity index (χ3n) is 6.33. The molecule has 1 fully saturated rings.